The van der Waals surface area contributed by atoms with Crippen LogP contribution in [0, 0.1) is 0 Å². The number of aromatic nitrogens is 3. The van der Waals surface area contributed by atoms with E-state index in [-0.39, 0.29) is 18.2 Å². The van der Waals surface area contributed by atoms with Crippen LogP contribution in [0.4, 0.5) is 11.8 Å². The van der Waals surface area contributed by atoms with Crippen molar-refractivity contribution >= 4 is 17.5 Å². The van der Waals surface area contributed by atoms with Crippen LogP contribution in [0.3, 0.4) is 0 Å². The molecule has 148 valence electrons. The molecule has 2 heterocycles. The number of aryl methyl sites for hydroxylation is 1. The Hall–Kier alpha value is -2.67. The number of fused-ring (bicyclic) bond motifs is 1. The average Bonchev–Trinajstić information content (AvgIpc) is 2.68. The molecule has 2 aromatic rings. The number of nitrogens with zero attached hydrogens (tertiary/aromatic N) is 3. The zero-order valence-corrected chi connectivity index (χ0v) is 16.1. The van der Waals surface area contributed by atoms with E-state index in [2.05, 4.69) is 33.2 Å². The van der Waals surface area contributed by atoms with Gasteiger partial charge in [0.05, 0.1) is 11.7 Å². The Morgan fingerprint density at radius 1 is 1.14 bits per heavy atom. The summed E-state index contributed by atoms with van der Waals surface area (Å²) in [6, 6.07) is 2.55. The van der Waals surface area contributed by atoms with E-state index in [1.54, 1.807) is 6.20 Å². The minimum atomic E-state index is -0.257. The second-order valence-corrected chi connectivity index (χ2v) is 7.87. The maximum absolute atomic E-state index is 9.96. The lowest BCUT2D eigenvalue weighted by Crippen LogP contribution is -2.31. The van der Waals surface area contributed by atoms with E-state index in [0.717, 1.165) is 44.9 Å². The molecule has 4 rings (SSSR count). The van der Waals surface area contributed by atoms with Gasteiger partial charge in [-0.15, -0.1) is 0 Å². The minimum Gasteiger partial charge on any atom is -0.399 e. The molecule has 2 aliphatic rings. The average molecular weight is 380 g/mol. The summed E-state index contributed by atoms with van der Waals surface area (Å²) in [5.74, 6) is 1.27. The van der Waals surface area contributed by atoms with Gasteiger partial charge >= 0.3 is 0 Å². The molecule has 2 aliphatic carbocycles. The van der Waals surface area contributed by atoms with Crippen LogP contribution in [0.15, 0.2) is 31.2 Å². The molecule has 7 nitrogen and oxygen atoms in total. The highest BCUT2D eigenvalue weighted by atomic mass is 16.3. The second kappa shape index (κ2) is 8.14. The van der Waals surface area contributed by atoms with Gasteiger partial charge in [-0.25, -0.2) is 4.98 Å². The fraction of sp³-hybridized carbons (Fsp3) is 0.476. The number of nitrogens with two attached hydrogens (primary N) is 1. The van der Waals surface area contributed by atoms with Gasteiger partial charge in [-0.05, 0) is 62.1 Å². The van der Waals surface area contributed by atoms with Gasteiger partial charge < -0.3 is 21.5 Å². The van der Waals surface area contributed by atoms with E-state index in [1.807, 2.05) is 12.4 Å². The quantitative estimate of drug-likeness (QED) is 0.631. The highest BCUT2D eigenvalue weighted by Crippen LogP contribution is 2.26. The van der Waals surface area contributed by atoms with Crippen LogP contribution in [-0.2, 0) is 12.8 Å². The summed E-state index contributed by atoms with van der Waals surface area (Å²) < 4.78 is 0. The SMILES string of the molecule is C=C(N)c1cnc(N[C@H]2CCc3cnccc3C2)nc1N[C@@H]1CCC[C@H](O)C1. The standard InChI is InChI=1S/C21H28N6O/c1-13(22)19-12-24-21(27-20(19)25-16-3-2-4-18(28)10-16)26-17-6-5-15-11-23-8-7-14(15)9-17/h7-8,11-12,16-18,28H,1-6,9-10,22H2,(H2,24,25,26,27)/t16-,17+,18+/m1/s1. The summed E-state index contributed by atoms with van der Waals surface area (Å²) in [6.45, 7) is 3.85. The molecule has 0 radical (unpaired) electrons. The molecular weight excluding hydrogens is 352 g/mol. The van der Waals surface area contributed by atoms with Crippen LogP contribution in [0.1, 0.15) is 48.8 Å². The molecule has 0 unspecified atom stereocenters. The molecule has 7 heteroatoms. The molecule has 0 saturated heterocycles. The third-order valence-electron chi connectivity index (χ3n) is 5.69. The maximum Gasteiger partial charge on any atom is 0.224 e. The molecule has 1 saturated carbocycles. The Labute approximate surface area is 165 Å². The third-order valence-corrected chi connectivity index (χ3v) is 5.69. The van der Waals surface area contributed by atoms with Crippen molar-refractivity contribution in [3.05, 3.63) is 47.9 Å². The first-order valence-electron chi connectivity index (χ1n) is 10.0. The Balaban J connectivity index is 1.49. The summed E-state index contributed by atoms with van der Waals surface area (Å²) in [6.07, 6.45) is 11.8. The predicted octanol–water partition coefficient (Wildman–Crippen LogP) is 2.49. The van der Waals surface area contributed by atoms with Crippen LogP contribution in [0.5, 0.6) is 0 Å². The molecule has 1 fully saturated rings. The molecule has 0 aliphatic heterocycles. The number of anilines is 2. The summed E-state index contributed by atoms with van der Waals surface area (Å²) in [7, 11) is 0. The lowest BCUT2D eigenvalue weighted by Gasteiger charge is -2.28. The van der Waals surface area contributed by atoms with Gasteiger partial charge in [0.25, 0.3) is 0 Å². The van der Waals surface area contributed by atoms with Gasteiger partial charge in [0, 0.05) is 36.4 Å². The third kappa shape index (κ3) is 4.25. The van der Waals surface area contributed by atoms with E-state index >= 15 is 0 Å². The topological polar surface area (TPSA) is 109 Å². The van der Waals surface area contributed by atoms with Crippen molar-refractivity contribution < 1.29 is 5.11 Å². The Bertz CT molecular complexity index is 855. The van der Waals surface area contributed by atoms with Gasteiger partial charge in [0.15, 0.2) is 0 Å². The van der Waals surface area contributed by atoms with Crippen LogP contribution in [0.2, 0.25) is 0 Å². The number of pyridine rings is 1. The summed E-state index contributed by atoms with van der Waals surface area (Å²) in [5, 5.41) is 16.9. The van der Waals surface area contributed by atoms with Crippen molar-refractivity contribution in [2.24, 2.45) is 5.73 Å². The van der Waals surface area contributed by atoms with E-state index in [1.165, 1.54) is 11.1 Å². The first kappa shape index (κ1) is 18.7. The zero-order valence-electron chi connectivity index (χ0n) is 16.1. The fourth-order valence-electron chi connectivity index (χ4n) is 4.17. The van der Waals surface area contributed by atoms with Gasteiger partial charge in [0.1, 0.15) is 5.82 Å². The van der Waals surface area contributed by atoms with Crippen molar-refractivity contribution in [3.8, 4) is 0 Å². The van der Waals surface area contributed by atoms with E-state index in [9.17, 15) is 5.11 Å². The van der Waals surface area contributed by atoms with Gasteiger partial charge in [-0.1, -0.05) is 6.58 Å². The predicted molar refractivity (Wildman–Crippen MR) is 111 cm³/mol. The minimum absolute atomic E-state index is 0.179. The first-order valence-corrected chi connectivity index (χ1v) is 10.0. The van der Waals surface area contributed by atoms with Gasteiger partial charge in [-0.3, -0.25) is 4.98 Å². The summed E-state index contributed by atoms with van der Waals surface area (Å²) >= 11 is 0. The summed E-state index contributed by atoms with van der Waals surface area (Å²) in [4.78, 5) is 13.4. The molecule has 2 aromatic heterocycles. The lowest BCUT2D eigenvalue weighted by molar-refractivity contribution is 0.124. The smallest absolute Gasteiger partial charge is 0.224 e. The second-order valence-electron chi connectivity index (χ2n) is 7.87. The van der Waals surface area contributed by atoms with E-state index in [4.69, 9.17) is 10.7 Å². The van der Waals surface area contributed by atoms with Gasteiger partial charge in [-0.2, -0.15) is 4.98 Å². The number of nitrogens with one attached hydrogen (secondary N) is 2. The monoisotopic (exact) mass is 380 g/mol. The van der Waals surface area contributed by atoms with Crippen LogP contribution < -0.4 is 16.4 Å². The molecule has 5 N–H and O–H groups in total. The fourth-order valence-corrected chi connectivity index (χ4v) is 4.17. The Morgan fingerprint density at radius 3 is 2.86 bits per heavy atom. The van der Waals surface area contributed by atoms with Crippen molar-refractivity contribution in [3.63, 3.8) is 0 Å². The lowest BCUT2D eigenvalue weighted by atomic mass is 9.90. The molecule has 0 spiro atoms. The van der Waals surface area contributed by atoms with Crippen molar-refractivity contribution in [1.82, 2.24) is 15.0 Å². The molecule has 3 atom stereocenters. The number of rotatable bonds is 5. The maximum atomic E-state index is 9.96. The van der Waals surface area contributed by atoms with Crippen LogP contribution in [-0.4, -0.2) is 38.2 Å². The number of hydrogen-bond donors (Lipinski definition) is 4. The molecule has 0 bridgehead atoms. The largest absolute Gasteiger partial charge is 0.399 e. The van der Waals surface area contributed by atoms with Crippen LogP contribution >= 0.6 is 0 Å². The van der Waals surface area contributed by atoms with Crippen molar-refractivity contribution in [2.45, 2.75) is 63.1 Å². The summed E-state index contributed by atoms with van der Waals surface area (Å²) in [5.41, 5.74) is 9.75. The van der Waals surface area contributed by atoms with Crippen LogP contribution in [0.25, 0.3) is 5.70 Å². The molecule has 0 amide bonds. The number of hydrogen-bond acceptors (Lipinski definition) is 7. The van der Waals surface area contributed by atoms with Crippen molar-refractivity contribution in [1.29, 1.82) is 0 Å². The Morgan fingerprint density at radius 2 is 2.04 bits per heavy atom. The highest BCUT2D eigenvalue weighted by molar-refractivity contribution is 5.71. The zero-order chi connectivity index (χ0) is 19.5. The van der Waals surface area contributed by atoms with E-state index < -0.39 is 0 Å². The molecule has 0 aromatic carbocycles. The Kier molecular flexibility index (Phi) is 5.43. The van der Waals surface area contributed by atoms with E-state index in [0.29, 0.717) is 23.0 Å². The normalized spacial score (nSPS) is 24.2. The van der Waals surface area contributed by atoms with Gasteiger partial charge in [0.2, 0.25) is 5.95 Å². The van der Waals surface area contributed by atoms with Crippen molar-refractivity contribution in [2.75, 3.05) is 10.6 Å². The molecule has 28 heavy (non-hydrogen) atoms. The highest BCUT2D eigenvalue weighted by Gasteiger charge is 2.23. The first-order chi connectivity index (χ1) is 13.6. The number of aliphatic hydroxyl groups is 1. The number of aliphatic hydroxyl groups excluding tert-OH is 1. The molecular formula is C21H28N6O.